The molecule has 0 aromatic carbocycles. The molecule has 0 aromatic rings. The van der Waals surface area contributed by atoms with E-state index in [1.54, 1.807) is 6.20 Å². The molecule has 0 bridgehead atoms. The largest absolute Gasteiger partial charge is 0.273 e. The van der Waals surface area contributed by atoms with E-state index in [0.29, 0.717) is 0 Å². The number of hydrogen-bond donors (Lipinski definition) is 0. The Labute approximate surface area is 63.2 Å². The Morgan fingerprint density at radius 2 is 2.30 bits per heavy atom. The molecule has 0 amide bonds. The van der Waals surface area contributed by atoms with Gasteiger partial charge in [0.25, 0.3) is 0 Å². The molecular formula is C9H15N. The number of hydrogen-bond acceptors (Lipinski definition) is 1. The molecule has 0 aliphatic rings. The van der Waals surface area contributed by atoms with Gasteiger partial charge in [0.2, 0.25) is 0 Å². The van der Waals surface area contributed by atoms with Crippen LogP contribution in [0.4, 0.5) is 0 Å². The zero-order chi connectivity index (χ0) is 7.82. The minimum atomic E-state index is 1.17. The van der Waals surface area contributed by atoms with Crippen molar-refractivity contribution >= 4 is 6.72 Å². The van der Waals surface area contributed by atoms with Gasteiger partial charge in [-0.25, -0.2) is 0 Å². The third-order valence-electron chi connectivity index (χ3n) is 1.22. The summed E-state index contributed by atoms with van der Waals surface area (Å²) in [5, 5.41) is 0. The van der Waals surface area contributed by atoms with Crippen LogP contribution in [0.1, 0.15) is 26.7 Å². The van der Waals surface area contributed by atoms with E-state index in [0.717, 1.165) is 0 Å². The van der Waals surface area contributed by atoms with Crippen LogP contribution in [0.2, 0.25) is 0 Å². The van der Waals surface area contributed by atoms with E-state index in [4.69, 9.17) is 0 Å². The predicted octanol–water partition coefficient (Wildman–Crippen LogP) is 2.95. The van der Waals surface area contributed by atoms with Crippen molar-refractivity contribution in [2.45, 2.75) is 26.7 Å². The summed E-state index contributed by atoms with van der Waals surface area (Å²) >= 11 is 0. The Morgan fingerprint density at radius 1 is 1.60 bits per heavy atom. The van der Waals surface area contributed by atoms with E-state index >= 15 is 0 Å². The summed E-state index contributed by atoms with van der Waals surface area (Å²) < 4.78 is 0. The van der Waals surface area contributed by atoms with Crippen LogP contribution in [0.25, 0.3) is 0 Å². The lowest BCUT2D eigenvalue weighted by molar-refractivity contribution is 0.905. The SMILES string of the molecule is C=N/C=C\C=C(/C)CCC. The van der Waals surface area contributed by atoms with Gasteiger partial charge < -0.3 is 0 Å². The van der Waals surface area contributed by atoms with E-state index in [-0.39, 0.29) is 0 Å². The van der Waals surface area contributed by atoms with Crippen molar-refractivity contribution in [3.05, 3.63) is 23.9 Å². The van der Waals surface area contributed by atoms with Crippen molar-refractivity contribution in [2.24, 2.45) is 4.99 Å². The van der Waals surface area contributed by atoms with Gasteiger partial charge in [0, 0.05) is 6.20 Å². The average Bonchev–Trinajstić information content (AvgIpc) is 1.89. The number of nitrogens with zero attached hydrogens (tertiary/aromatic N) is 1. The molecule has 0 spiro atoms. The Balaban J connectivity index is 3.67. The quantitative estimate of drug-likeness (QED) is 0.417. The second-order valence-electron chi connectivity index (χ2n) is 2.29. The molecule has 0 radical (unpaired) electrons. The van der Waals surface area contributed by atoms with Crippen LogP contribution in [0.5, 0.6) is 0 Å². The highest BCUT2D eigenvalue weighted by Crippen LogP contribution is 2.02. The zero-order valence-electron chi connectivity index (χ0n) is 6.80. The molecule has 0 aliphatic carbocycles. The zero-order valence-corrected chi connectivity index (χ0v) is 6.80. The molecule has 0 heterocycles. The van der Waals surface area contributed by atoms with Gasteiger partial charge in [0.05, 0.1) is 0 Å². The molecule has 10 heavy (non-hydrogen) atoms. The third-order valence-corrected chi connectivity index (χ3v) is 1.22. The molecule has 0 atom stereocenters. The van der Waals surface area contributed by atoms with Gasteiger partial charge in [-0.05, 0) is 26.1 Å². The summed E-state index contributed by atoms with van der Waals surface area (Å²) in [6.07, 6.45) is 8.05. The molecule has 0 rings (SSSR count). The summed E-state index contributed by atoms with van der Waals surface area (Å²) in [7, 11) is 0. The number of allylic oxidation sites excluding steroid dienone is 3. The van der Waals surface area contributed by atoms with Gasteiger partial charge in [0.1, 0.15) is 0 Å². The maximum absolute atomic E-state index is 3.59. The fourth-order valence-corrected chi connectivity index (χ4v) is 0.746. The summed E-state index contributed by atoms with van der Waals surface area (Å²) in [5.74, 6) is 0. The first-order valence-corrected chi connectivity index (χ1v) is 3.59. The highest BCUT2D eigenvalue weighted by molar-refractivity contribution is 5.26. The minimum absolute atomic E-state index is 1.17. The van der Waals surface area contributed by atoms with E-state index in [1.807, 2.05) is 6.08 Å². The van der Waals surface area contributed by atoms with Crippen molar-refractivity contribution in [3.63, 3.8) is 0 Å². The second-order valence-corrected chi connectivity index (χ2v) is 2.29. The Bertz CT molecular complexity index is 143. The van der Waals surface area contributed by atoms with Gasteiger partial charge in [0.15, 0.2) is 0 Å². The summed E-state index contributed by atoms with van der Waals surface area (Å²) in [5.41, 5.74) is 1.39. The Kier molecular flexibility index (Phi) is 5.74. The second kappa shape index (κ2) is 6.27. The van der Waals surface area contributed by atoms with Crippen LogP contribution in [-0.2, 0) is 0 Å². The van der Waals surface area contributed by atoms with Crippen LogP contribution in [0.3, 0.4) is 0 Å². The van der Waals surface area contributed by atoms with Crippen LogP contribution in [0.15, 0.2) is 28.9 Å². The van der Waals surface area contributed by atoms with Gasteiger partial charge in [-0.3, -0.25) is 4.99 Å². The smallest absolute Gasteiger partial charge is 0.0260 e. The molecule has 0 saturated carbocycles. The highest BCUT2D eigenvalue weighted by atomic mass is 14.6. The summed E-state index contributed by atoms with van der Waals surface area (Å²) in [4.78, 5) is 3.59. The van der Waals surface area contributed by atoms with E-state index in [1.165, 1.54) is 18.4 Å². The monoisotopic (exact) mass is 137 g/mol. The van der Waals surface area contributed by atoms with Crippen molar-refractivity contribution in [1.82, 2.24) is 0 Å². The third kappa shape index (κ3) is 5.29. The van der Waals surface area contributed by atoms with Crippen LogP contribution in [-0.4, -0.2) is 6.72 Å². The molecule has 0 fully saturated rings. The topological polar surface area (TPSA) is 12.4 Å². The van der Waals surface area contributed by atoms with Crippen molar-refractivity contribution in [2.75, 3.05) is 0 Å². The maximum Gasteiger partial charge on any atom is 0.0260 e. The molecule has 1 heteroatoms. The minimum Gasteiger partial charge on any atom is -0.273 e. The molecule has 0 unspecified atom stereocenters. The van der Waals surface area contributed by atoms with Crippen molar-refractivity contribution in [3.8, 4) is 0 Å². The van der Waals surface area contributed by atoms with E-state index in [2.05, 4.69) is 31.6 Å². The van der Waals surface area contributed by atoms with E-state index < -0.39 is 0 Å². The lowest BCUT2D eigenvalue weighted by Gasteiger charge is -1.92. The fourth-order valence-electron chi connectivity index (χ4n) is 0.746. The molecule has 0 N–H and O–H groups in total. The fraction of sp³-hybridized carbons (Fsp3) is 0.444. The normalized spacial score (nSPS) is 12.4. The van der Waals surface area contributed by atoms with Crippen LogP contribution < -0.4 is 0 Å². The number of rotatable bonds is 4. The van der Waals surface area contributed by atoms with Crippen LogP contribution >= 0.6 is 0 Å². The van der Waals surface area contributed by atoms with Gasteiger partial charge >= 0.3 is 0 Å². The lowest BCUT2D eigenvalue weighted by Crippen LogP contribution is -1.71. The Morgan fingerprint density at radius 3 is 2.80 bits per heavy atom. The lowest BCUT2D eigenvalue weighted by atomic mass is 10.2. The molecular weight excluding hydrogens is 122 g/mol. The maximum atomic E-state index is 3.59. The average molecular weight is 137 g/mol. The predicted molar refractivity (Wildman–Crippen MR) is 47.4 cm³/mol. The molecule has 0 saturated heterocycles. The first-order chi connectivity index (χ1) is 4.81. The number of aliphatic imine (C=N–C) groups is 1. The molecule has 1 nitrogen and oxygen atoms in total. The molecule has 0 aliphatic heterocycles. The van der Waals surface area contributed by atoms with E-state index in [9.17, 15) is 0 Å². The van der Waals surface area contributed by atoms with Gasteiger partial charge in [-0.1, -0.05) is 25.0 Å². The summed E-state index contributed by atoms with van der Waals surface area (Å²) in [6.45, 7) is 7.63. The molecule has 0 aromatic heterocycles. The standard InChI is InChI=1S/C9H15N/c1-4-6-9(2)7-5-8-10-3/h5,7-8H,3-4,6H2,1-2H3/b8-5-,9-7+. The first-order valence-electron chi connectivity index (χ1n) is 3.59. The van der Waals surface area contributed by atoms with Crippen molar-refractivity contribution in [1.29, 1.82) is 0 Å². The van der Waals surface area contributed by atoms with Gasteiger partial charge in [-0.15, -0.1) is 0 Å². The first kappa shape index (κ1) is 9.15. The highest BCUT2D eigenvalue weighted by Gasteiger charge is 1.81. The summed E-state index contributed by atoms with van der Waals surface area (Å²) in [6, 6.07) is 0. The van der Waals surface area contributed by atoms with Crippen molar-refractivity contribution < 1.29 is 0 Å². The Hall–Kier alpha value is -0.850. The van der Waals surface area contributed by atoms with Gasteiger partial charge in [-0.2, -0.15) is 0 Å². The van der Waals surface area contributed by atoms with Crippen LogP contribution in [0, 0.1) is 0 Å². The molecule has 56 valence electrons.